The first-order chi connectivity index (χ1) is 13.0. The van der Waals surface area contributed by atoms with Crippen molar-refractivity contribution in [2.45, 2.75) is 18.4 Å². The number of urea groups is 1. The zero-order valence-corrected chi connectivity index (χ0v) is 15.9. The van der Waals surface area contributed by atoms with Crippen LogP contribution >= 0.6 is 0 Å². The SMILES string of the molecule is COCC(=O)N1CCC2(CC1)CN(C(=O)Nc1cccc(OC)c1)CCO2. The van der Waals surface area contributed by atoms with E-state index >= 15 is 0 Å². The molecule has 2 saturated heterocycles. The van der Waals surface area contributed by atoms with Crippen LogP contribution in [-0.4, -0.2) is 81.0 Å². The number of carbonyl (C=O) groups excluding carboxylic acids is 2. The van der Waals surface area contributed by atoms with Gasteiger partial charge in [-0.1, -0.05) is 6.07 Å². The van der Waals surface area contributed by atoms with Gasteiger partial charge in [-0.15, -0.1) is 0 Å². The van der Waals surface area contributed by atoms with Crippen molar-refractivity contribution in [3.63, 3.8) is 0 Å². The number of nitrogens with zero attached hydrogens (tertiary/aromatic N) is 2. The van der Waals surface area contributed by atoms with Crippen LogP contribution in [-0.2, 0) is 14.3 Å². The number of likely N-dealkylation sites (tertiary alicyclic amines) is 1. The van der Waals surface area contributed by atoms with E-state index in [4.69, 9.17) is 14.2 Å². The molecule has 1 aromatic rings. The Labute approximate surface area is 159 Å². The van der Waals surface area contributed by atoms with Crippen LogP contribution in [0.2, 0.25) is 0 Å². The van der Waals surface area contributed by atoms with Crippen LogP contribution in [0.4, 0.5) is 10.5 Å². The molecule has 2 aliphatic heterocycles. The molecular weight excluding hydrogens is 350 g/mol. The molecule has 2 fully saturated rings. The van der Waals surface area contributed by atoms with E-state index in [0.29, 0.717) is 57.1 Å². The second kappa shape index (κ2) is 8.58. The maximum Gasteiger partial charge on any atom is 0.322 e. The Kier molecular flexibility index (Phi) is 6.18. The number of nitrogens with one attached hydrogen (secondary N) is 1. The largest absolute Gasteiger partial charge is 0.497 e. The van der Waals surface area contributed by atoms with Gasteiger partial charge >= 0.3 is 6.03 Å². The van der Waals surface area contributed by atoms with Crippen molar-refractivity contribution in [1.29, 1.82) is 0 Å². The molecule has 148 valence electrons. The van der Waals surface area contributed by atoms with E-state index in [-0.39, 0.29) is 24.1 Å². The molecule has 0 saturated carbocycles. The number of amides is 3. The number of hydrogen-bond donors (Lipinski definition) is 1. The fourth-order valence-corrected chi connectivity index (χ4v) is 3.60. The van der Waals surface area contributed by atoms with Gasteiger partial charge in [-0.3, -0.25) is 4.79 Å². The molecule has 1 aromatic carbocycles. The highest BCUT2D eigenvalue weighted by Gasteiger charge is 2.41. The van der Waals surface area contributed by atoms with Gasteiger partial charge in [-0.2, -0.15) is 0 Å². The third-order valence-electron chi connectivity index (χ3n) is 5.15. The minimum absolute atomic E-state index is 0.00390. The molecule has 0 bridgehead atoms. The van der Waals surface area contributed by atoms with Gasteiger partial charge in [0, 0.05) is 38.5 Å². The molecule has 1 spiro atoms. The maximum atomic E-state index is 12.7. The third kappa shape index (κ3) is 4.70. The smallest absolute Gasteiger partial charge is 0.322 e. The van der Waals surface area contributed by atoms with E-state index in [2.05, 4.69) is 5.32 Å². The van der Waals surface area contributed by atoms with E-state index < -0.39 is 0 Å². The molecular formula is C19H27N3O5. The van der Waals surface area contributed by atoms with Crippen LogP contribution in [0.25, 0.3) is 0 Å². The van der Waals surface area contributed by atoms with Gasteiger partial charge in [0.05, 0.1) is 25.9 Å². The maximum absolute atomic E-state index is 12.7. The number of hydrogen-bond acceptors (Lipinski definition) is 5. The van der Waals surface area contributed by atoms with Crippen LogP contribution < -0.4 is 10.1 Å². The number of morpholine rings is 1. The van der Waals surface area contributed by atoms with Crippen LogP contribution in [0, 0.1) is 0 Å². The lowest BCUT2D eigenvalue weighted by Gasteiger charge is -2.47. The first kappa shape index (κ1) is 19.4. The molecule has 1 N–H and O–H groups in total. The molecule has 2 heterocycles. The third-order valence-corrected chi connectivity index (χ3v) is 5.15. The Morgan fingerprint density at radius 1 is 1.19 bits per heavy atom. The molecule has 0 radical (unpaired) electrons. The minimum Gasteiger partial charge on any atom is -0.497 e. The van der Waals surface area contributed by atoms with Gasteiger partial charge in [0.15, 0.2) is 0 Å². The first-order valence-corrected chi connectivity index (χ1v) is 9.16. The Balaban J connectivity index is 1.57. The summed E-state index contributed by atoms with van der Waals surface area (Å²) in [6, 6.07) is 7.13. The van der Waals surface area contributed by atoms with Gasteiger partial charge in [-0.05, 0) is 25.0 Å². The van der Waals surface area contributed by atoms with E-state index in [9.17, 15) is 9.59 Å². The number of anilines is 1. The number of carbonyl (C=O) groups is 2. The second-order valence-electron chi connectivity index (χ2n) is 6.93. The summed E-state index contributed by atoms with van der Waals surface area (Å²) in [6.07, 6.45) is 1.43. The highest BCUT2D eigenvalue weighted by atomic mass is 16.5. The van der Waals surface area contributed by atoms with Crippen molar-refractivity contribution in [3.05, 3.63) is 24.3 Å². The zero-order chi connectivity index (χ0) is 19.3. The van der Waals surface area contributed by atoms with Gasteiger partial charge < -0.3 is 29.3 Å². The summed E-state index contributed by atoms with van der Waals surface area (Å²) in [5, 5.41) is 2.92. The number of methoxy groups -OCH3 is 2. The van der Waals surface area contributed by atoms with E-state index in [1.165, 1.54) is 7.11 Å². The first-order valence-electron chi connectivity index (χ1n) is 9.16. The summed E-state index contributed by atoms with van der Waals surface area (Å²) in [6.45, 7) is 2.90. The summed E-state index contributed by atoms with van der Waals surface area (Å²) in [4.78, 5) is 28.2. The fourth-order valence-electron chi connectivity index (χ4n) is 3.60. The van der Waals surface area contributed by atoms with Gasteiger partial charge in [-0.25, -0.2) is 4.79 Å². The van der Waals surface area contributed by atoms with Crippen molar-refractivity contribution in [2.24, 2.45) is 0 Å². The number of ether oxygens (including phenoxy) is 3. The normalized spacial score (nSPS) is 19.0. The Morgan fingerprint density at radius 3 is 2.67 bits per heavy atom. The molecule has 0 aliphatic carbocycles. The summed E-state index contributed by atoms with van der Waals surface area (Å²) < 4.78 is 16.2. The number of benzene rings is 1. The molecule has 8 nitrogen and oxygen atoms in total. The highest BCUT2D eigenvalue weighted by Crippen LogP contribution is 2.30. The van der Waals surface area contributed by atoms with Crippen molar-refractivity contribution in [2.75, 3.05) is 58.9 Å². The van der Waals surface area contributed by atoms with Crippen molar-refractivity contribution in [1.82, 2.24) is 9.80 Å². The molecule has 0 unspecified atom stereocenters. The molecule has 8 heteroatoms. The van der Waals surface area contributed by atoms with Gasteiger partial charge in [0.2, 0.25) is 5.91 Å². The average molecular weight is 377 g/mol. The van der Waals surface area contributed by atoms with Crippen molar-refractivity contribution in [3.8, 4) is 5.75 Å². The van der Waals surface area contributed by atoms with Crippen molar-refractivity contribution < 1.29 is 23.8 Å². The number of rotatable bonds is 4. The summed E-state index contributed by atoms with van der Waals surface area (Å²) in [5.41, 5.74) is 0.313. The average Bonchev–Trinajstić information content (AvgIpc) is 2.69. The molecule has 3 amide bonds. The lowest BCUT2D eigenvalue weighted by atomic mass is 9.89. The van der Waals surface area contributed by atoms with Crippen LogP contribution in [0.15, 0.2) is 24.3 Å². The quantitative estimate of drug-likeness (QED) is 0.862. The highest BCUT2D eigenvalue weighted by molar-refractivity contribution is 5.89. The topological polar surface area (TPSA) is 80.3 Å². The van der Waals surface area contributed by atoms with Gasteiger partial charge in [0.25, 0.3) is 0 Å². The van der Waals surface area contributed by atoms with Gasteiger partial charge in [0.1, 0.15) is 12.4 Å². The van der Waals surface area contributed by atoms with E-state index in [1.54, 1.807) is 23.0 Å². The summed E-state index contributed by atoms with van der Waals surface area (Å²) in [7, 11) is 3.11. The molecule has 0 atom stereocenters. The van der Waals surface area contributed by atoms with Crippen molar-refractivity contribution >= 4 is 17.6 Å². The molecule has 0 aromatic heterocycles. The Hall–Kier alpha value is -2.32. The Morgan fingerprint density at radius 2 is 1.96 bits per heavy atom. The van der Waals surface area contributed by atoms with Crippen LogP contribution in [0.3, 0.4) is 0 Å². The number of piperidine rings is 1. The second-order valence-corrected chi connectivity index (χ2v) is 6.93. The van der Waals surface area contributed by atoms with Crippen LogP contribution in [0.1, 0.15) is 12.8 Å². The predicted octanol–water partition coefficient (Wildman–Crippen LogP) is 1.57. The van der Waals surface area contributed by atoms with Crippen LogP contribution in [0.5, 0.6) is 5.75 Å². The minimum atomic E-state index is -0.381. The summed E-state index contributed by atoms with van der Waals surface area (Å²) >= 11 is 0. The fraction of sp³-hybridized carbons (Fsp3) is 0.579. The Bertz CT molecular complexity index is 673. The molecule has 3 rings (SSSR count). The zero-order valence-electron chi connectivity index (χ0n) is 15.9. The summed E-state index contributed by atoms with van der Waals surface area (Å²) in [5.74, 6) is 0.690. The standard InChI is InChI=1S/C19H27N3O5/c1-25-13-17(23)21-8-6-19(7-9-21)14-22(10-11-27-19)18(24)20-15-4-3-5-16(12-15)26-2/h3-5,12H,6-11,13-14H2,1-2H3,(H,20,24). The molecule has 2 aliphatic rings. The van der Waals surface area contributed by atoms with E-state index in [1.807, 2.05) is 18.2 Å². The predicted molar refractivity (Wildman–Crippen MR) is 100.0 cm³/mol. The lowest BCUT2D eigenvalue weighted by Crippen LogP contribution is -2.59. The lowest BCUT2D eigenvalue weighted by molar-refractivity contribution is -0.149. The van der Waals surface area contributed by atoms with E-state index in [0.717, 1.165) is 0 Å². The molecule has 27 heavy (non-hydrogen) atoms. The monoisotopic (exact) mass is 377 g/mol.